The van der Waals surface area contributed by atoms with Gasteiger partial charge in [-0.3, -0.25) is 29.0 Å². The predicted octanol–water partition coefficient (Wildman–Crippen LogP) is 6.61. The first-order valence-corrected chi connectivity index (χ1v) is 31.5. The van der Waals surface area contributed by atoms with Gasteiger partial charge < -0.3 is 78.0 Å². The fraction of sp³-hybridized carbons (Fsp3) is 0.576. The Kier molecular flexibility index (Phi) is 18.8. The number of cyclic esters (lactones) is 2. The average Bonchev–Trinajstić information content (AvgIpc) is 2.13. The highest BCUT2D eigenvalue weighted by Crippen LogP contribution is 2.58. The molecule has 4 saturated heterocycles. The highest BCUT2D eigenvalue weighted by molar-refractivity contribution is 5.83. The number of fused-ring (bicyclic) bond motifs is 6. The highest BCUT2D eigenvalue weighted by Gasteiger charge is 2.55. The third-order valence-electron chi connectivity index (χ3n) is 19.6. The Morgan fingerprint density at radius 3 is 1.08 bits per heavy atom. The molecule has 2 aliphatic carbocycles. The molecule has 2 amide bonds. The smallest absolute Gasteiger partial charge is 0.310 e. The van der Waals surface area contributed by atoms with Crippen molar-refractivity contribution in [3.63, 3.8) is 0 Å². The number of benzene rings is 4. The normalized spacial score (nSPS) is 24.6. The van der Waals surface area contributed by atoms with Gasteiger partial charge in [0.15, 0.2) is 46.0 Å². The third kappa shape index (κ3) is 12.6. The molecule has 22 heteroatoms. The summed E-state index contributed by atoms with van der Waals surface area (Å²) in [4.78, 5) is 64.6. The van der Waals surface area contributed by atoms with Gasteiger partial charge >= 0.3 is 11.9 Å². The molecular formula is C66H84N6O16. The molecule has 8 atom stereocenters. The first-order chi connectivity index (χ1) is 42.9. The minimum absolute atomic E-state index is 0.0748. The van der Waals surface area contributed by atoms with Gasteiger partial charge in [-0.05, 0) is 108 Å². The Morgan fingerprint density at radius 2 is 0.750 bits per heavy atom. The molecule has 4 fully saturated rings. The molecule has 4 aromatic carbocycles. The zero-order valence-electron chi connectivity index (χ0n) is 51.0. The van der Waals surface area contributed by atoms with E-state index in [4.69, 9.17) is 47.4 Å². The molecule has 12 rings (SSSR count). The van der Waals surface area contributed by atoms with Crippen LogP contribution in [0.25, 0.3) is 0 Å². The summed E-state index contributed by atoms with van der Waals surface area (Å²) in [5.41, 5.74) is 4.71. The Morgan fingerprint density at radius 1 is 0.443 bits per heavy atom. The summed E-state index contributed by atoms with van der Waals surface area (Å²) in [5, 5.41) is 28.1. The van der Waals surface area contributed by atoms with Gasteiger partial charge in [-0.15, -0.1) is 0 Å². The number of esters is 2. The highest BCUT2D eigenvalue weighted by atomic mass is 16.7. The molecule has 474 valence electrons. The van der Waals surface area contributed by atoms with Gasteiger partial charge in [0.05, 0.1) is 78.7 Å². The summed E-state index contributed by atoms with van der Waals surface area (Å²) in [6, 6.07) is 13.5. The lowest BCUT2D eigenvalue weighted by atomic mass is 9.65. The van der Waals surface area contributed by atoms with Crippen molar-refractivity contribution in [3.05, 3.63) is 81.9 Å². The molecule has 8 aliphatic rings. The first-order valence-electron chi connectivity index (χ1n) is 31.5. The average molecular weight is 1220 g/mol. The predicted molar refractivity (Wildman–Crippen MR) is 321 cm³/mol. The van der Waals surface area contributed by atoms with Crippen LogP contribution in [0, 0.1) is 23.7 Å². The van der Waals surface area contributed by atoms with E-state index in [1.165, 1.54) is 92.6 Å². The van der Waals surface area contributed by atoms with Crippen LogP contribution >= 0.6 is 0 Å². The number of unbranched alkanes of at least 4 members (excludes halogenated alkanes) is 9. The lowest BCUT2D eigenvalue weighted by Gasteiger charge is -2.40. The van der Waals surface area contributed by atoms with Crippen molar-refractivity contribution in [1.82, 2.24) is 30.2 Å². The van der Waals surface area contributed by atoms with Gasteiger partial charge in [-0.1, -0.05) is 51.4 Å². The number of methoxy groups -OCH3 is 4. The number of phenolic OH excluding ortho intramolecular Hbond substituents is 2. The van der Waals surface area contributed by atoms with Crippen LogP contribution in [0.5, 0.6) is 57.5 Å². The maximum absolute atomic E-state index is 13.9. The van der Waals surface area contributed by atoms with E-state index in [2.05, 4.69) is 30.2 Å². The molecular weight excluding hydrogens is 1130 g/mol. The number of hydrogen-bond acceptors (Lipinski definition) is 20. The van der Waals surface area contributed by atoms with Crippen LogP contribution in [0.2, 0.25) is 0 Å². The van der Waals surface area contributed by atoms with Gasteiger partial charge in [0, 0.05) is 76.0 Å². The molecule has 6 aliphatic heterocycles. The number of rotatable bonds is 25. The molecule has 22 nitrogen and oxygen atoms in total. The molecule has 0 spiro atoms. The molecule has 0 aromatic heterocycles. The Balaban J connectivity index is 0.520. The number of carbonyl (C=O) groups excluding carboxylic acids is 4. The van der Waals surface area contributed by atoms with Crippen molar-refractivity contribution in [2.75, 3.05) is 134 Å². The molecule has 0 saturated carbocycles. The van der Waals surface area contributed by atoms with E-state index in [0.29, 0.717) is 34.1 Å². The van der Waals surface area contributed by atoms with Gasteiger partial charge in [0.1, 0.15) is 0 Å². The zero-order valence-corrected chi connectivity index (χ0v) is 51.0. The monoisotopic (exact) mass is 1220 g/mol. The van der Waals surface area contributed by atoms with E-state index in [0.717, 1.165) is 87.7 Å². The first kappa shape index (κ1) is 60.9. The lowest BCUT2D eigenvalue weighted by Crippen LogP contribution is -2.51. The standard InChI is InChI=1S/C66H84N6O16/c1-79-51-25-39(26-52(80-2)63(51)75)57-41-29-47-49(87-37-85-47)31-43(41)61(45-35-83-65(77)59(45)57)67-55(73)33-71-21-17-69(18-22-71)15-13-11-9-7-5-6-8-10-12-14-16-70-19-23-72(24-20-70)34-56(74)68-62-44-32-50-48(86-38-88-50)30-42(44)58(60-46(62)36-84-66(60)78)40-27-53(81-3)64(76)54(28-40)82-4/h25-32,45-46,57-62,75-76H,5-24,33-38H2,1-4H3,(H,67,73)(H,68,74)/t45-,46-,57+,58+,59-,60-,61+,62+/m0/s1. The number of ether oxygens (including phenoxy) is 10. The van der Waals surface area contributed by atoms with Gasteiger partial charge in [0.25, 0.3) is 0 Å². The van der Waals surface area contributed by atoms with Gasteiger partial charge in [-0.2, -0.15) is 0 Å². The number of hydrogen-bond donors (Lipinski definition) is 4. The lowest BCUT2D eigenvalue weighted by molar-refractivity contribution is -0.142. The number of nitrogens with one attached hydrogen (secondary N) is 2. The third-order valence-corrected chi connectivity index (χ3v) is 19.6. The fourth-order valence-electron chi connectivity index (χ4n) is 15.0. The van der Waals surface area contributed by atoms with Gasteiger partial charge in [-0.25, -0.2) is 0 Å². The summed E-state index contributed by atoms with van der Waals surface area (Å²) in [5.74, 6) is -0.899. The van der Waals surface area contributed by atoms with Crippen LogP contribution in [-0.2, 0) is 28.7 Å². The zero-order chi connectivity index (χ0) is 61.0. The van der Waals surface area contributed by atoms with Crippen molar-refractivity contribution in [1.29, 1.82) is 0 Å². The van der Waals surface area contributed by atoms with Crippen LogP contribution in [-0.4, -0.2) is 187 Å². The van der Waals surface area contributed by atoms with E-state index < -0.39 is 35.8 Å². The minimum atomic E-state index is -0.616. The molecule has 4 aromatic rings. The number of nitrogens with zero attached hydrogens (tertiary/aromatic N) is 4. The fourth-order valence-corrected chi connectivity index (χ4v) is 15.0. The van der Waals surface area contributed by atoms with E-state index >= 15 is 0 Å². The Labute approximate surface area is 513 Å². The number of piperazine rings is 2. The number of amides is 2. The van der Waals surface area contributed by atoms with E-state index in [1.54, 1.807) is 24.3 Å². The quantitative estimate of drug-likeness (QED) is 0.0403. The van der Waals surface area contributed by atoms with E-state index in [-0.39, 0.29) is 110 Å². The Hall–Kier alpha value is -7.40. The van der Waals surface area contributed by atoms with Crippen LogP contribution in [0.15, 0.2) is 48.5 Å². The minimum Gasteiger partial charge on any atom is -0.502 e. The second kappa shape index (κ2) is 27.1. The molecule has 88 heavy (non-hydrogen) atoms. The largest absolute Gasteiger partial charge is 0.502 e. The van der Waals surface area contributed by atoms with Crippen molar-refractivity contribution in [3.8, 4) is 57.5 Å². The van der Waals surface area contributed by atoms with Crippen LogP contribution in [0.3, 0.4) is 0 Å². The molecule has 6 heterocycles. The maximum Gasteiger partial charge on any atom is 0.310 e. The summed E-state index contributed by atoms with van der Waals surface area (Å²) in [7, 11) is 5.87. The van der Waals surface area contributed by atoms with Gasteiger partial charge in [0.2, 0.25) is 36.9 Å². The van der Waals surface area contributed by atoms with Crippen LogP contribution < -0.4 is 48.5 Å². The van der Waals surface area contributed by atoms with Crippen molar-refractivity contribution in [2.24, 2.45) is 23.7 Å². The number of carbonyl (C=O) groups is 4. The summed E-state index contributed by atoms with van der Waals surface area (Å²) < 4.78 is 56.7. The second-order valence-electron chi connectivity index (χ2n) is 24.7. The summed E-state index contributed by atoms with van der Waals surface area (Å²) in [6.07, 6.45) is 12.4. The number of aromatic hydroxyl groups is 2. The molecule has 0 bridgehead atoms. The van der Waals surface area contributed by atoms with Crippen LogP contribution in [0.1, 0.15) is 122 Å². The number of phenols is 2. The van der Waals surface area contributed by atoms with E-state index in [9.17, 15) is 29.4 Å². The van der Waals surface area contributed by atoms with Crippen molar-refractivity contribution < 1.29 is 76.8 Å². The topological polar surface area (TPSA) is 238 Å². The maximum atomic E-state index is 13.9. The van der Waals surface area contributed by atoms with Crippen molar-refractivity contribution in [2.45, 2.75) is 88.1 Å². The summed E-state index contributed by atoms with van der Waals surface area (Å²) in [6.45, 7) is 10.0. The molecule has 4 N–H and O–H groups in total. The SMILES string of the molecule is COc1cc([C@@H]2c3cc4c(cc3[C@@H](NC(=O)CN3CCN(CCCCCCCCCCCCN5CCN(CC(=O)N[C@@H]6c7cc8c(cc7[C@@H](c7cc(OC)c(O)c(OC)c7)[C@H]7C(=O)OC[C@@H]76)OCO8)CC5)CC3)[C@H]3COC(=O)[C@H]23)OCO4)cc(OC)c1O. The van der Waals surface area contributed by atoms with Crippen molar-refractivity contribution >= 4 is 23.8 Å². The molecule has 0 radical (unpaired) electrons. The Bertz CT molecular complexity index is 2940. The second-order valence-corrected chi connectivity index (χ2v) is 24.7. The summed E-state index contributed by atoms with van der Waals surface area (Å²) >= 11 is 0. The molecule has 0 unspecified atom stereocenters. The van der Waals surface area contributed by atoms with E-state index in [1.807, 2.05) is 24.3 Å². The van der Waals surface area contributed by atoms with Crippen LogP contribution in [0.4, 0.5) is 0 Å².